The maximum Gasteiger partial charge on any atom is 0.338 e. The second-order valence-electron chi connectivity index (χ2n) is 5.04. The van der Waals surface area contributed by atoms with E-state index in [2.05, 4.69) is 20.7 Å². The van der Waals surface area contributed by atoms with Crippen molar-refractivity contribution in [3.8, 4) is 6.07 Å². The van der Waals surface area contributed by atoms with E-state index < -0.39 is 16.0 Å². The highest BCUT2D eigenvalue weighted by Gasteiger charge is 2.15. The summed E-state index contributed by atoms with van der Waals surface area (Å²) >= 11 is 3.34. The fraction of sp³-hybridized carbons (Fsp3) is 0.176. The Hall–Kier alpha value is -2.21. The molecular weight excluding hydrogens is 408 g/mol. The van der Waals surface area contributed by atoms with Crippen molar-refractivity contribution in [2.24, 2.45) is 0 Å². The molecule has 1 N–H and O–H groups in total. The molecule has 130 valence electrons. The maximum absolute atomic E-state index is 12.0. The zero-order valence-electron chi connectivity index (χ0n) is 13.1. The van der Waals surface area contributed by atoms with Crippen LogP contribution in [-0.4, -0.2) is 20.9 Å². The van der Waals surface area contributed by atoms with Crippen molar-refractivity contribution in [3.63, 3.8) is 0 Å². The molecule has 2 aromatic rings. The van der Waals surface area contributed by atoms with Crippen LogP contribution in [0.15, 0.2) is 57.9 Å². The van der Waals surface area contributed by atoms with Crippen molar-refractivity contribution < 1.29 is 17.9 Å². The van der Waals surface area contributed by atoms with Crippen molar-refractivity contribution in [2.45, 2.75) is 17.9 Å². The number of carbonyl (C=O) groups excluding carboxylic acids is 1. The predicted molar refractivity (Wildman–Crippen MR) is 95.1 cm³/mol. The summed E-state index contributed by atoms with van der Waals surface area (Å²) in [6.07, 6.45) is 0.0826. The van der Waals surface area contributed by atoms with E-state index in [1.165, 1.54) is 24.3 Å². The first-order valence-electron chi connectivity index (χ1n) is 7.30. The summed E-state index contributed by atoms with van der Waals surface area (Å²) < 4.78 is 32.4. The third kappa shape index (κ3) is 5.67. The fourth-order valence-electron chi connectivity index (χ4n) is 1.95. The van der Waals surface area contributed by atoms with Gasteiger partial charge in [-0.05, 0) is 42.0 Å². The Morgan fingerprint density at radius 2 is 1.92 bits per heavy atom. The zero-order chi connectivity index (χ0) is 18.3. The van der Waals surface area contributed by atoms with Gasteiger partial charge in [-0.2, -0.15) is 5.26 Å². The third-order valence-corrected chi connectivity index (χ3v) is 5.16. The molecule has 0 aliphatic carbocycles. The molecule has 0 aliphatic heterocycles. The summed E-state index contributed by atoms with van der Waals surface area (Å²) in [6.45, 7) is 0.156. The predicted octanol–water partition coefficient (Wildman–Crippen LogP) is 3.00. The van der Waals surface area contributed by atoms with Gasteiger partial charge in [0, 0.05) is 17.4 Å². The van der Waals surface area contributed by atoms with Gasteiger partial charge in [0.25, 0.3) is 0 Å². The average molecular weight is 423 g/mol. The molecular formula is C17H15BrN2O4S. The molecule has 0 unspecified atom stereocenters. The van der Waals surface area contributed by atoms with Crippen LogP contribution in [0, 0.1) is 11.3 Å². The molecule has 0 heterocycles. The Balaban J connectivity index is 1.99. The molecule has 8 heteroatoms. The van der Waals surface area contributed by atoms with Crippen LogP contribution in [0.5, 0.6) is 0 Å². The first-order valence-corrected chi connectivity index (χ1v) is 9.58. The van der Waals surface area contributed by atoms with Gasteiger partial charge in [-0.1, -0.05) is 28.1 Å². The smallest absolute Gasteiger partial charge is 0.338 e. The lowest BCUT2D eigenvalue weighted by molar-refractivity contribution is 0.0472. The van der Waals surface area contributed by atoms with E-state index in [4.69, 9.17) is 10.00 Å². The molecule has 0 amide bonds. The number of nitrogens with zero attached hydrogens (tertiary/aromatic N) is 1. The molecule has 0 saturated heterocycles. The minimum atomic E-state index is -3.69. The van der Waals surface area contributed by atoms with Gasteiger partial charge in [-0.25, -0.2) is 17.9 Å². The van der Waals surface area contributed by atoms with Gasteiger partial charge in [0.05, 0.1) is 16.5 Å². The number of ether oxygens (including phenoxy) is 1. The molecule has 0 atom stereocenters. The normalized spacial score (nSPS) is 10.9. The van der Waals surface area contributed by atoms with Crippen LogP contribution in [-0.2, 0) is 21.4 Å². The lowest BCUT2D eigenvalue weighted by Crippen LogP contribution is -2.24. The van der Waals surface area contributed by atoms with Crippen LogP contribution < -0.4 is 4.72 Å². The maximum atomic E-state index is 12.0. The summed E-state index contributed by atoms with van der Waals surface area (Å²) in [5, 5.41) is 8.44. The van der Waals surface area contributed by atoms with E-state index in [0.29, 0.717) is 0 Å². The highest BCUT2D eigenvalue weighted by molar-refractivity contribution is 9.10. The summed E-state index contributed by atoms with van der Waals surface area (Å²) in [4.78, 5) is 12.1. The molecule has 0 spiro atoms. The second kappa shape index (κ2) is 8.76. The number of rotatable bonds is 7. The molecule has 0 aromatic heterocycles. The second-order valence-corrected chi connectivity index (χ2v) is 7.72. The number of sulfonamides is 1. The lowest BCUT2D eigenvalue weighted by atomic mass is 10.2. The standard InChI is InChI=1S/C17H15BrN2O4S/c18-15-4-1-3-13(11-15)12-24-17(21)14-5-7-16(8-6-14)25(22,23)20-10-2-9-19/h1,3-8,11,20H,2,10,12H2. The van der Waals surface area contributed by atoms with Crippen molar-refractivity contribution in [3.05, 3.63) is 64.1 Å². The van der Waals surface area contributed by atoms with E-state index in [9.17, 15) is 13.2 Å². The molecule has 6 nitrogen and oxygen atoms in total. The molecule has 0 fully saturated rings. The number of benzene rings is 2. The highest BCUT2D eigenvalue weighted by Crippen LogP contribution is 2.15. The summed E-state index contributed by atoms with van der Waals surface area (Å²) in [7, 11) is -3.69. The van der Waals surface area contributed by atoms with E-state index in [1.807, 2.05) is 30.3 Å². The largest absolute Gasteiger partial charge is 0.457 e. The number of hydrogen-bond donors (Lipinski definition) is 1. The highest BCUT2D eigenvalue weighted by atomic mass is 79.9. The van der Waals surface area contributed by atoms with Gasteiger partial charge in [0.1, 0.15) is 6.61 Å². The van der Waals surface area contributed by atoms with Gasteiger partial charge in [0.15, 0.2) is 0 Å². The number of nitrogens with one attached hydrogen (secondary N) is 1. The Labute approximate surface area is 154 Å². The minimum Gasteiger partial charge on any atom is -0.457 e. The fourth-order valence-corrected chi connectivity index (χ4v) is 3.43. The molecule has 0 aliphatic rings. The Kier molecular flexibility index (Phi) is 6.70. The average Bonchev–Trinajstić information content (AvgIpc) is 2.60. The van der Waals surface area contributed by atoms with Crippen LogP contribution in [0.4, 0.5) is 0 Å². The summed E-state index contributed by atoms with van der Waals surface area (Å²) in [5.74, 6) is -0.540. The summed E-state index contributed by atoms with van der Waals surface area (Å²) in [5.41, 5.74) is 1.09. The van der Waals surface area contributed by atoms with Crippen LogP contribution in [0.25, 0.3) is 0 Å². The molecule has 25 heavy (non-hydrogen) atoms. The van der Waals surface area contributed by atoms with Gasteiger partial charge in [-0.15, -0.1) is 0 Å². The number of hydrogen-bond acceptors (Lipinski definition) is 5. The SMILES string of the molecule is N#CCCNS(=O)(=O)c1ccc(C(=O)OCc2cccc(Br)c2)cc1. The Morgan fingerprint density at radius 3 is 2.56 bits per heavy atom. The minimum absolute atomic E-state index is 0.0222. The molecule has 0 bridgehead atoms. The molecule has 2 rings (SSSR count). The number of esters is 1. The molecule has 2 aromatic carbocycles. The van der Waals surface area contributed by atoms with Gasteiger partial charge < -0.3 is 4.74 Å². The van der Waals surface area contributed by atoms with Crippen LogP contribution in [0.2, 0.25) is 0 Å². The Morgan fingerprint density at radius 1 is 1.20 bits per heavy atom. The number of nitriles is 1. The van der Waals surface area contributed by atoms with E-state index >= 15 is 0 Å². The number of carbonyl (C=O) groups is 1. The zero-order valence-corrected chi connectivity index (χ0v) is 15.5. The van der Waals surface area contributed by atoms with Gasteiger partial charge >= 0.3 is 5.97 Å². The van der Waals surface area contributed by atoms with Gasteiger partial charge in [-0.3, -0.25) is 0 Å². The van der Waals surface area contributed by atoms with Crippen LogP contribution in [0.1, 0.15) is 22.3 Å². The van der Waals surface area contributed by atoms with Crippen LogP contribution in [0.3, 0.4) is 0 Å². The van der Waals surface area contributed by atoms with Gasteiger partial charge in [0.2, 0.25) is 10.0 Å². The molecule has 0 radical (unpaired) electrons. The summed E-state index contributed by atoms with van der Waals surface area (Å²) in [6, 6.07) is 14.7. The van der Waals surface area contributed by atoms with Crippen molar-refractivity contribution in [2.75, 3.05) is 6.54 Å². The monoisotopic (exact) mass is 422 g/mol. The van der Waals surface area contributed by atoms with Crippen LogP contribution >= 0.6 is 15.9 Å². The van der Waals surface area contributed by atoms with Crippen molar-refractivity contribution in [1.29, 1.82) is 5.26 Å². The topological polar surface area (TPSA) is 96.3 Å². The van der Waals surface area contributed by atoms with E-state index in [1.54, 1.807) is 0 Å². The van der Waals surface area contributed by atoms with E-state index in [-0.39, 0.29) is 30.0 Å². The number of halogens is 1. The van der Waals surface area contributed by atoms with E-state index in [0.717, 1.165) is 10.0 Å². The first-order chi connectivity index (χ1) is 11.9. The third-order valence-electron chi connectivity index (χ3n) is 3.19. The van der Waals surface area contributed by atoms with Crippen molar-refractivity contribution in [1.82, 2.24) is 4.72 Å². The molecule has 0 saturated carbocycles. The first kappa shape index (κ1) is 19.1. The lowest BCUT2D eigenvalue weighted by Gasteiger charge is -2.07. The van der Waals surface area contributed by atoms with Crippen molar-refractivity contribution >= 4 is 31.9 Å². The Bertz CT molecular complexity index is 890. The quantitative estimate of drug-likeness (QED) is 0.546.